The maximum absolute atomic E-state index is 13.0. The molecule has 2 aromatic carbocycles. The Labute approximate surface area is 225 Å². The van der Waals surface area contributed by atoms with E-state index in [1.165, 1.54) is 42.5 Å². The average molecular weight is 578 g/mol. The Morgan fingerprint density at radius 3 is 2.38 bits per heavy atom. The lowest BCUT2D eigenvalue weighted by molar-refractivity contribution is -0.141. The highest BCUT2D eigenvalue weighted by atomic mass is 32.2. The third kappa shape index (κ3) is 6.41. The molecule has 0 saturated carbocycles. The van der Waals surface area contributed by atoms with E-state index in [4.69, 9.17) is 0 Å². The van der Waals surface area contributed by atoms with Crippen LogP contribution >= 0.6 is 11.3 Å². The van der Waals surface area contributed by atoms with Crippen LogP contribution in [-0.4, -0.2) is 34.4 Å². The van der Waals surface area contributed by atoms with Crippen LogP contribution in [0.15, 0.2) is 65.8 Å². The maximum atomic E-state index is 13.0. The number of carbonyl (C=O) groups is 1. The number of aromatic nitrogens is 3. The molecule has 3 N–H and O–H groups in total. The average Bonchev–Trinajstić information content (AvgIpc) is 3.34. The summed E-state index contributed by atoms with van der Waals surface area (Å²) in [6, 6.07) is 11.5. The van der Waals surface area contributed by atoms with Gasteiger partial charge in [0.25, 0.3) is 10.0 Å². The molecule has 4 aromatic rings. The molecule has 1 amide bonds. The molecule has 0 fully saturated rings. The van der Waals surface area contributed by atoms with Gasteiger partial charge in [0.1, 0.15) is 16.3 Å². The molecule has 0 bridgehead atoms. The molecule has 14 heteroatoms. The number of sulfonamides is 1. The lowest BCUT2D eigenvalue weighted by atomic mass is 9.97. The van der Waals surface area contributed by atoms with E-state index in [1.807, 2.05) is 17.7 Å². The van der Waals surface area contributed by atoms with Gasteiger partial charge in [-0.25, -0.2) is 28.1 Å². The summed E-state index contributed by atoms with van der Waals surface area (Å²) >= 11 is 1.19. The summed E-state index contributed by atoms with van der Waals surface area (Å²) in [5, 5.41) is 14.4. The number of halogens is 3. The zero-order valence-electron chi connectivity index (χ0n) is 20.7. The van der Waals surface area contributed by atoms with Crippen LogP contribution in [0.5, 0.6) is 0 Å². The van der Waals surface area contributed by atoms with Crippen LogP contribution in [0.25, 0.3) is 10.4 Å². The van der Waals surface area contributed by atoms with Crippen molar-refractivity contribution in [3.05, 3.63) is 82.8 Å². The molecule has 39 heavy (non-hydrogen) atoms. The Morgan fingerprint density at radius 1 is 1.05 bits per heavy atom. The predicted molar refractivity (Wildman–Crippen MR) is 139 cm³/mol. The minimum atomic E-state index is -4.60. The highest BCUT2D eigenvalue weighted by molar-refractivity contribution is 7.90. The van der Waals surface area contributed by atoms with E-state index in [0.717, 1.165) is 24.8 Å². The lowest BCUT2D eigenvalue weighted by Gasteiger charge is -2.21. The summed E-state index contributed by atoms with van der Waals surface area (Å²) in [5.74, 6) is -0.934. The summed E-state index contributed by atoms with van der Waals surface area (Å²) in [5.41, 5.74) is -0.306. The van der Waals surface area contributed by atoms with Gasteiger partial charge in [-0.1, -0.05) is 18.2 Å². The van der Waals surface area contributed by atoms with Gasteiger partial charge in [-0.15, -0.1) is 11.3 Å². The van der Waals surface area contributed by atoms with Crippen molar-refractivity contribution in [2.75, 3.05) is 5.32 Å². The monoisotopic (exact) mass is 577 g/mol. The molecular formula is C25H22F3N5O4S2. The van der Waals surface area contributed by atoms with E-state index in [1.54, 1.807) is 18.3 Å². The molecule has 0 saturated heterocycles. The number of nitrogens with one attached hydrogen (secondary N) is 2. The van der Waals surface area contributed by atoms with Crippen LogP contribution in [0.4, 0.5) is 24.8 Å². The van der Waals surface area contributed by atoms with Crippen molar-refractivity contribution in [2.24, 2.45) is 0 Å². The number of amides is 1. The zero-order valence-corrected chi connectivity index (χ0v) is 22.4. The van der Waals surface area contributed by atoms with E-state index in [2.05, 4.69) is 20.3 Å². The smallest absolute Gasteiger partial charge is 0.378 e. The third-order valence-electron chi connectivity index (χ3n) is 5.49. The molecule has 0 aliphatic carbocycles. The second-order valence-corrected chi connectivity index (χ2v) is 11.5. The van der Waals surface area contributed by atoms with Crippen LogP contribution in [0.1, 0.15) is 35.7 Å². The van der Waals surface area contributed by atoms with Crippen molar-refractivity contribution in [3.8, 4) is 10.4 Å². The van der Waals surface area contributed by atoms with Crippen molar-refractivity contribution in [2.45, 2.75) is 37.4 Å². The fourth-order valence-corrected chi connectivity index (χ4v) is 5.63. The second kappa shape index (κ2) is 10.4. The van der Waals surface area contributed by atoms with Crippen molar-refractivity contribution >= 4 is 38.9 Å². The Morgan fingerprint density at radius 2 is 1.74 bits per heavy atom. The standard InChI is InChI=1S/C25H22F3N5O4S2/c1-14-10-16(12-18(11-14)31-23-29-9-8-21(32-23)25(26,27)28)20-13-30-22(38-20)24(3,35)17-4-6-19(7-5-17)39(36,37)33-15(2)34/h4-13,35H,1-3H3,(H,33,34)(H,29,31,32). The van der Waals surface area contributed by atoms with Gasteiger partial charge in [0.05, 0.1) is 9.77 Å². The van der Waals surface area contributed by atoms with Crippen molar-refractivity contribution < 1.29 is 31.5 Å². The molecule has 4 rings (SSSR count). The largest absolute Gasteiger partial charge is 0.433 e. The number of alkyl halides is 3. The van der Waals surface area contributed by atoms with Crippen LogP contribution < -0.4 is 10.0 Å². The normalized spacial score (nSPS) is 13.5. The molecule has 2 aromatic heterocycles. The van der Waals surface area contributed by atoms with Gasteiger partial charge in [0.15, 0.2) is 0 Å². The molecule has 2 heterocycles. The number of hydrogen-bond acceptors (Lipinski definition) is 9. The zero-order chi connectivity index (χ0) is 28.6. The number of anilines is 2. The number of nitrogens with zero attached hydrogens (tertiary/aromatic N) is 3. The number of benzene rings is 2. The Kier molecular flexibility index (Phi) is 7.47. The molecular weight excluding hydrogens is 555 g/mol. The fourth-order valence-electron chi connectivity index (χ4n) is 3.67. The number of aryl methyl sites for hydroxylation is 1. The first-order valence-electron chi connectivity index (χ1n) is 11.3. The summed E-state index contributed by atoms with van der Waals surface area (Å²) < 4.78 is 65.3. The molecule has 1 atom stereocenters. The van der Waals surface area contributed by atoms with E-state index in [0.29, 0.717) is 26.7 Å². The van der Waals surface area contributed by atoms with Crippen molar-refractivity contribution in [1.29, 1.82) is 0 Å². The number of hydrogen-bond donors (Lipinski definition) is 3. The topological polar surface area (TPSA) is 134 Å². The fraction of sp³-hybridized carbons (Fsp3) is 0.200. The molecule has 1 unspecified atom stereocenters. The summed E-state index contributed by atoms with van der Waals surface area (Å²) in [6.07, 6.45) is -2.02. The summed E-state index contributed by atoms with van der Waals surface area (Å²) in [4.78, 5) is 23.4. The first-order valence-corrected chi connectivity index (χ1v) is 13.6. The van der Waals surface area contributed by atoms with Gasteiger partial charge >= 0.3 is 6.18 Å². The van der Waals surface area contributed by atoms with Gasteiger partial charge in [-0.2, -0.15) is 13.2 Å². The third-order valence-corrected chi connectivity index (χ3v) is 8.20. The molecule has 0 radical (unpaired) electrons. The molecule has 0 aliphatic heterocycles. The van der Waals surface area contributed by atoms with E-state index >= 15 is 0 Å². The number of carbonyl (C=O) groups excluding carboxylic acids is 1. The Balaban J connectivity index is 1.59. The van der Waals surface area contributed by atoms with Crippen LogP contribution in [0, 0.1) is 6.92 Å². The minimum Gasteiger partial charge on any atom is -0.378 e. The van der Waals surface area contributed by atoms with E-state index < -0.39 is 33.4 Å². The van der Waals surface area contributed by atoms with Crippen LogP contribution in [0.3, 0.4) is 0 Å². The number of rotatable bonds is 7. The van der Waals surface area contributed by atoms with Crippen LogP contribution in [0.2, 0.25) is 0 Å². The molecule has 204 valence electrons. The van der Waals surface area contributed by atoms with Gasteiger partial charge in [0, 0.05) is 25.0 Å². The Bertz CT molecular complexity index is 1640. The summed E-state index contributed by atoms with van der Waals surface area (Å²) in [6.45, 7) is 4.42. The van der Waals surface area contributed by atoms with Gasteiger partial charge in [0.2, 0.25) is 11.9 Å². The highest BCUT2D eigenvalue weighted by Crippen LogP contribution is 2.37. The van der Waals surface area contributed by atoms with Crippen molar-refractivity contribution in [1.82, 2.24) is 19.7 Å². The van der Waals surface area contributed by atoms with Gasteiger partial charge < -0.3 is 10.4 Å². The number of aliphatic hydroxyl groups is 1. The van der Waals surface area contributed by atoms with E-state index in [9.17, 15) is 31.5 Å². The second-order valence-electron chi connectivity index (χ2n) is 8.76. The number of thiazole rings is 1. The molecule has 0 aliphatic rings. The first kappa shape index (κ1) is 28.1. The molecule has 9 nitrogen and oxygen atoms in total. The predicted octanol–water partition coefficient (Wildman–Crippen LogP) is 4.75. The molecule has 0 spiro atoms. The SMILES string of the molecule is CC(=O)NS(=O)(=O)c1ccc(C(C)(O)c2ncc(-c3cc(C)cc(Nc4nccc(C(F)(F)F)n4)c3)s2)cc1. The van der Waals surface area contributed by atoms with Gasteiger partial charge in [-0.3, -0.25) is 4.79 Å². The highest BCUT2D eigenvalue weighted by Gasteiger charge is 2.33. The van der Waals surface area contributed by atoms with Crippen LogP contribution in [-0.2, 0) is 26.6 Å². The quantitative estimate of drug-likeness (QED) is 0.287. The summed E-state index contributed by atoms with van der Waals surface area (Å²) in [7, 11) is -4.02. The minimum absolute atomic E-state index is 0.137. The van der Waals surface area contributed by atoms with E-state index in [-0.39, 0.29) is 10.8 Å². The Hall–Kier alpha value is -3.88. The lowest BCUT2D eigenvalue weighted by Crippen LogP contribution is -2.28. The van der Waals surface area contributed by atoms with Crippen molar-refractivity contribution in [3.63, 3.8) is 0 Å². The first-order chi connectivity index (χ1) is 18.1. The van der Waals surface area contributed by atoms with Gasteiger partial charge in [-0.05, 0) is 60.9 Å². The maximum Gasteiger partial charge on any atom is 0.433 e.